The lowest BCUT2D eigenvalue weighted by Crippen LogP contribution is -2.13. The highest BCUT2D eigenvalue weighted by atomic mass is 35.5. The van der Waals surface area contributed by atoms with Gasteiger partial charge in [0, 0.05) is 10.6 Å². The van der Waals surface area contributed by atoms with Crippen molar-refractivity contribution in [3.05, 3.63) is 53.3 Å². The van der Waals surface area contributed by atoms with Crippen LogP contribution in [0.2, 0.25) is 5.15 Å². The van der Waals surface area contributed by atoms with Gasteiger partial charge in [0.05, 0.1) is 0 Å². The molecule has 0 saturated heterocycles. The second-order valence-electron chi connectivity index (χ2n) is 3.53. The molecule has 0 atom stereocenters. The van der Waals surface area contributed by atoms with E-state index in [1.165, 1.54) is 0 Å². The van der Waals surface area contributed by atoms with Crippen LogP contribution in [-0.4, -0.2) is 17.1 Å². The minimum absolute atomic E-state index is 0.269. The van der Waals surface area contributed by atoms with Crippen molar-refractivity contribution in [1.29, 1.82) is 0 Å². The molecule has 1 aromatic carbocycles. The fraction of sp³-hybridized carbons (Fsp3) is 0.0769. The Bertz CT molecular complexity index is 557. The van der Waals surface area contributed by atoms with E-state index in [4.69, 9.17) is 11.6 Å². The van der Waals surface area contributed by atoms with Crippen molar-refractivity contribution < 1.29 is 4.79 Å². The third-order valence-corrected chi connectivity index (χ3v) is 3.25. The van der Waals surface area contributed by atoms with Crippen LogP contribution in [0.3, 0.4) is 0 Å². The van der Waals surface area contributed by atoms with Crippen LogP contribution in [0.15, 0.2) is 47.4 Å². The lowest BCUT2D eigenvalue weighted by atomic mass is 10.3. The minimum Gasteiger partial charge on any atom is -0.321 e. The highest BCUT2D eigenvalue weighted by Gasteiger charge is 2.07. The van der Waals surface area contributed by atoms with Crippen molar-refractivity contribution in [3.63, 3.8) is 0 Å². The number of benzene rings is 1. The van der Waals surface area contributed by atoms with E-state index in [-0.39, 0.29) is 5.91 Å². The fourth-order valence-corrected chi connectivity index (χ4v) is 1.98. The Morgan fingerprint density at radius 1 is 1.22 bits per heavy atom. The maximum Gasteiger partial charge on any atom is 0.274 e. The molecule has 18 heavy (non-hydrogen) atoms. The molecule has 1 heterocycles. The molecule has 92 valence electrons. The van der Waals surface area contributed by atoms with Gasteiger partial charge in [-0.25, -0.2) is 4.98 Å². The van der Waals surface area contributed by atoms with Gasteiger partial charge in [0.25, 0.3) is 5.91 Å². The van der Waals surface area contributed by atoms with Crippen LogP contribution in [-0.2, 0) is 0 Å². The van der Waals surface area contributed by atoms with E-state index in [9.17, 15) is 4.79 Å². The van der Waals surface area contributed by atoms with Gasteiger partial charge in [-0.05, 0) is 42.7 Å². The number of pyridine rings is 1. The molecule has 1 N–H and O–H groups in total. The topological polar surface area (TPSA) is 42.0 Å². The number of carbonyl (C=O) groups excluding carboxylic acids is 1. The number of hydrogen-bond donors (Lipinski definition) is 1. The van der Waals surface area contributed by atoms with E-state index in [2.05, 4.69) is 10.3 Å². The highest BCUT2D eigenvalue weighted by Crippen LogP contribution is 2.18. The first-order valence-electron chi connectivity index (χ1n) is 5.27. The van der Waals surface area contributed by atoms with Crippen LogP contribution < -0.4 is 5.32 Å². The van der Waals surface area contributed by atoms with Gasteiger partial charge in [0.2, 0.25) is 0 Å². The van der Waals surface area contributed by atoms with E-state index in [1.54, 1.807) is 30.0 Å². The van der Waals surface area contributed by atoms with Crippen molar-refractivity contribution >= 4 is 35.0 Å². The second-order valence-corrected chi connectivity index (χ2v) is 4.80. The summed E-state index contributed by atoms with van der Waals surface area (Å²) in [5, 5.41) is 3.07. The molecule has 1 amide bonds. The largest absolute Gasteiger partial charge is 0.321 e. The molecule has 2 rings (SSSR count). The molecular formula is C13H11ClN2OS. The molecule has 1 aromatic heterocycles. The van der Waals surface area contributed by atoms with Crippen molar-refractivity contribution in [1.82, 2.24) is 4.98 Å². The Morgan fingerprint density at radius 3 is 2.56 bits per heavy atom. The molecule has 0 saturated carbocycles. The number of rotatable bonds is 3. The van der Waals surface area contributed by atoms with Gasteiger partial charge in [-0.15, -0.1) is 11.8 Å². The normalized spacial score (nSPS) is 10.1. The molecule has 2 aromatic rings. The summed E-state index contributed by atoms with van der Waals surface area (Å²) in [7, 11) is 0. The average Bonchev–Trinajstić information content (AvgIpc) is 2.39. The zero-order valence-electron chi connectivity index (χ0n) is 9.68. The molecule has 0 radical (unpaired) electrons. The predicted octanol–water partition coefficient (Wildman–Crippen LogP) is 3.71. The zero-order chi connectivity index (χ0) is 13.0. The predicted molar refractivity (Wildman–Crippen MR) is 75.4 cm³/mol. The lowest BCUT2D eigenvalue weighted by molar-refractivity contribution is 0.102. The van der Waals surface area contributed by atoms with Crippen LogP contribution in [0.5, 0.6) is 0 Å². The first kappa shape index (κ1) is 12.9. The van der Waals surface area contributed by atoms with Gasteiger partial charge in [0.1, 0.15) is 10.8 Å². The van der Waals surface area contributed by atoms with Crippen molar-refractivity contribution in [2.45, 2.75) is 4.90 Å². The summed E-state index contributed by atoms with van der Waals surface area (Å²) >= 11 is 7.39. The lowest BCUT2D eigenvalue weighted by Gasteiger charge is -2.05. The second kappa shape index (κ2) is 5.89. The van der Waals surface area contributed by atoms with E-state index in [1.807, 2.05) is 30.5 Å². The number of nitrogens with zero attached hydrogens (tertiary/aromatic N) is 1. The summed E-state index contributed by atoms with van der Waals surface area (Å²) in [6.07, 6.45) is 2.00. The van der Waals surface area contributed by atoms with Crippen molar-refractivity contribution in [2.24, 2.45) is 0 Å². The molecule has 5 heteroatoms. The Labute approximate surface area is 115 Å². The van der Waals surface area contributed by atoms with Gasteiger partial charge in [-0.2, -0.15) is 0 Å². The molecule has 3 nitrogen and oxygen atoms in total. The van der Waals surface area contributed by atoms with Gasteiger partial charge >= 0.3 is 0 Å². The van der Waals surface area contributed by atoms with Gasteiger partial charge < -0.3 is 5.32 Å². The van der Waals surface area contributed by atoms with Crippen LogP contribution in [0.1, 0.15) is 10.5 Å². The molecule has 0 unspecified atom stereocenters. The number of thioether (sulfide) groups is 1. The molecule has 0 aliphatic rings. The number of anilines is 1. The zero-order valence-corrected chi connectivity index (χ0v) is 11.3. The molecule has 0 aliphatic heterocycles. The molecule has 0 fully saturated rings. The van der Waals surface area contributed by atoms with Crippen molar-refractivity contribution in [2.75, 3.05) is 11.6 Å². The molecule has 0 aliphatic carbocycles. The van der Waals surface area contributed by atoms with Gasteiger partial charge in [0.15, 0.2) is 0 Å². The number of hydrogen-bond acceptors (Lipinski definition) is 3. The molecule has 0 bridgehead atoms. The summed E-state index contributed by atoms with van der Waals surface area (Å²) in [5.41, 5.74) is 1.04. The number of amides is 1. The van der Waals surface area contributed by atoms with Crippen LogP contribution >= 0.6 is 23.4 Å². The van der Waals surface area contributed by atoms with E-state index >= 15 is 0 Å². The molecular weight excluding hydrogens is 268 g/mol. The summed E-state index contributed by atoms with van der Waals surface area (Å²) < 4.78 is 0. The highest BCUT2D eigenvalue weighted by molar-refractivity contribution is 7.98. The Kier molecular flexibility index (Phi) is 4.23. The Morgan fingerprint density at radius 2 is 1.94 bits per heavy atom. The SMILES string of the molecule is CSc1ccc(NC(=O)c2cccc(Cl)n2)cc1. The minimum atomic E-state index is -0.269. The summed E-state index contributed by atoms with van der Waals surface area (Å²) in [6.45, 7) is 0. The summed E-state index contributed by atoms with van der Waals surface area (Å²) in [6, 6.07) is 12.6. The van der Waals surface area contributed by atoms with Gasteiger partial charge in [-0.3, -0.25) is 4.79 Å². The summed E-state index contributed by atoms with van der Waals surface area (Å²) in [4.78, 5) is 17.0. The first-order valence-corrected chi connectivity index (χ1v) is 6.87. The Balaban J connectivity index is 2.11. The monoisotopic (exact) mass is 278 g/mol. The Hall–Kier alpha value is -1.52. The smallest absolute Gasteiger partial charge is 0.274 e. The summed E-state index contributed by atoms with van der Waals surface area (Å²) in [5.74, 6) is -0.269. The average molecular weight is 279 g/mol. The number of halogens is 1. The van der Waals surface area contributed by atoms with E-state index < -0.39 is 0 Å². The standard InChI is InChI=1S/C13H11ClN2OS/c1-18-10-7-5-9(6-8-10)15-13(17)11-3-2-4-12(14)16-11/h2-8H,1H3,(H,15,17). The number of carbonyl (C=O) groups is 1. The van der Waals surface area contributed by atoms with Crippen LogP contribution in [0.25, 0.3) is 0 Å². The van der Waals surface area contributed by atoms with Crippen LogP contribution in [0, 0.1) is 0 Å². The quantitative estimate of drug-likeness (QED) is 0.687. The number of aromatic nitrogens is 1. The van der Waals surface area contributed by atoms with Crippen LogP contribution in [0.4, 0.5) is 5.69 Å². The maximum absolute atomic E-state index is 11.9. The van der Waals surface area contributed by atoms with E-state index in [0.29, 0.717) is 10.8 Å². The van der Waals surface area contributed by atoms with E-state index in [0.717, 1.165) is 10.6 Å². The van der Waals surface area contributed by atoms with Crippen molar-refractivity contribution in [3.8, 4) is 0 Å². The first-order chi connectivity index (χ1) is 8.69. The third kappa shape index (κ3) is 3.24. The van der Waals surface area contributed by atoms with Gasteiger partial charge in [-0.1, -0.05) is 17.7 Å². The number of nitrogens with one attached hydrogen (secondary N) is 1. The maximum atomic E-state index is 11.9. The third-order valence-electron chi connectivity index (χ3n) is 2.30. The fourth-order valence-electron chi connectivity index (χ4n) is 1.40. The molecule has 0 spiro atoms.